The van der Waals surface area contributed by atoms with Crippen LogP contribution in [0, 0.1) is 5.82 Å². The van der Waals surface area contributed by atoms with Gasteiger partial charge in [-0.05, 0) is 43.9 Å². The average molecular weight is 458 g/mol. The number of anilines is 1. The summed E-state index contributed by atoms with van der Waals surface area (Å²) in [5.41, 5.74) is 5.09. The van der Waals surface area contributed by atoms with Crippen molar-refractivity contribution in [3.05, 3.63) is 77.6 Å². The SMILES string of the molecule is CC(O)(O)c1cnn2c(N[C@@H]3CCc4[nH]c5ccccc5c4C3)cc(-c3cncc(F)c3)nc12. The van der Waals surface area contributed by atoms with Crippen LogP contribution < -0.4 is 5.32 Å². The highest BCUT2D eigenvalue weighted by Crippen LogP contribution is 2.32. The van der Waals surface area contributed by atoms with Crippen molar-refractivity contribution < 1.29 is 14.6 Å². The van der Waals surface area contributed by atoms with E-state index in [2.05, 4.69) is 37.5 Å². The van der Waals surface area contributed by atoms with E-state index in [4.69, 9.17) is 0 Å². The standard InChI is InChI=1S/C25H23FN6O2/c1-25(33,34)19-13-28-32-23(10-22(31-24(19)32)14-8-15(26)12-27-11-14)29-16-6-7-21-18(9-16)17-4-2-3-5-20(17)30-21/h2-5,8,10-13,16,29-30,33-34H,6-7,9H2,1H3/t16-/m1/s1. The molecule has 1 atom stereocenters. The van der Waals surface area contributed by atoms with Crippen molar-refractivity contribution in [3.63, 3.8) is 0 Å². The summed E-state index contributed by atoms with van der Waals surface area (Å²) < 4.78 is 15.4. The molecule has 172 valence electrons. The summed E-state index contributed by atoms with van der Waals surface area (Å²) in [6.45, 7) is 1.26. The molecule has 6 rings (SSSR count). The van der Waals surface area contributed by atoms with Gasteiger partial charge >= 0.3 is 0 Å². The molecule has 4 N–H and O–H groups in total. The molecule has 0 unspecified atom stereocenters. The highest BCUT2D eigenvalue weighted by atomic mass is 19.1. The minimum Gasteiger partial charge on any atom is -0.367 e. The first kappa shape index (κ1) is 20.8. The van der Waals surface area contributed by atoms with Gasteiger partial charge in [0.1, 0.15) is 11.6 Å². The number of pyridine rings is 1. The molecule has 1 aliphatic rings. The number of rotatable bonds is 4. The smallest absolute Gasteiger partial charge is 0.192 e. The fourth-order valence-electron chi connectivity index (χ4n) is 4.80. The Hall–Kier alpha value is -3.82. The number of hydrogen-bond acceptors (Lipinski definition) is 6. The summed E-state index contributed by atoms with van der Waals surface area (Å²) >= 11 is 0. The fraction of sp³-hybridized carbons (Fsp3) is 0.240. The molecule has 34 heavy (non-hydrogen) atoms. The lowest BCUT2D eigenvalue weighted by atomic mass is 9.91. The normalized spacial score (nSPS) is 16.2. The second-order valence-corrected chi connectivity index (χ2v) is 8.94. The molecule has 0 amide bonds. The zero-order valence-electron chi connectivity index (χ0n) is 18.5. The van der Waals surface area contributed by atoms with Crippen molar-refractivity contribution in [2.75, 3.05) is 5.32 Å². The third kappa shape index (κ3) is 3.49. The second kappa shape index (κ2) is 7.61. The molecular formula is C25H23FN6O2. The van der Waals surface area contributed by atoms with Gasteiger partial charge in [-0.2, -0.15) is 9.61 Å². The van der Waals surface area contributed by atoms with Gasteiger partial charge in [0.25, 0.3) is 0 Å². The molecule has 5 aromatic rings. The van der Waals surface area contributed by atoms with Crippen molar-refractivity contribution in [1.29, 1.82) is 0 Å². The summed E-state index contributed by atoms with van der Waals surface area (Å²) in [6.07, 6.45) is 6.69. The number of nitrogens with zero attached hydrogens (tertiary/aromatic N) is 4. The Morgan fingerprint density at radius 2 is 2.03 bits per heavy atom. The fourth-order valence-corrected chi connectivity index (χ4v) is 4.80. The van der Waals surface area contributed by atoms with Crippen LogP contribution in [0.3, 0.4) is 0 Å². The molecule has 0 aliphatic heterocycles. The van der Waals surface area contributed by atoms with Crippen LogP contribution in [0.5, 0.6) is 0 Å². The molecule has 0 radical (unpaired) electrons. The molecule has 0 bridgehead atoms. The average Bonchev–Trinajstić information content (AvgIpc) is 3.41. The van der Waals surface area contributed by atoms with Crippen LogP contribution in [0.1, 0.15) is 30.2 Å². The minimum absolute atomic E-state index is 0.123. The van der Waals surface area contributed by atoms with Gasteiger partial charge in [-0.15, -0.1) is 0 Å². The number of aromatic amines is 1. The lowest BCUT2D eigenvalue weighted by Gasteiger charge is -2.25. The number of para-hydroxylation sites is 1. The first-order valence-corrected chi connectivity index (χ1v) is 11.2. The number of halogens is 1. The maximum absolute atomic E-state index is 13.9. The molecule has 0 saturated heterocycles. The van der Waals surface area contributed by atoms with Crippen molar-refractivity contribution in [2.45, 2.75) is 38.0 Å². The first-order chi connectivity index (χ1) is 16.4. The van der Waals surface area contributed by atoms with Crippen LogP contribution in [-0.2, 0) is 18.6 Å². The van der Waals surface area contributed by atoms with E-state index in [1.165, 1.54) is 42.0 Å². The van der Waals surface area contributed by atoms with Crippen molar-refractivity contribution >= 4 is 22.4 Å². The summed E-state index contributed by atoms with van der Waals surface area (Å²) in [4.78, 5) is 12.0. The van der Waals surface area contributed by atoms with Crippen molar-refractivity contribution in [3.8, 4) is 11.3 Å². The van der Waals surface area contributed by atoms with Gasteiger partial charge in [0.15, 0.2) is 11.4 Å². The molecule has 1 aliphatic carbocycles. The van der Waals surface area contributed by atoms with E-state index in [1.807, 2.05) is 12.1 Å². The number of aliphatic hydroxyl groups is 2. The maximum Gasteiger partial charge on any atom is 0.192 e. The molecule has 9 heteroatoms. The molecule has 8 nitrogen and oxygen atoms in total. The minimum atomic E-state index is -2.13. The number of benzene rings is 1. The lowest BCUT2D eigenvalue weighted by Crippen LogP contribution is -2.28. The highest BCUT2D eigenvalue weighted by Gasteiger charge is 2.28. The monoisotopic (exact) mass is 458 g/mol. The summed E-state index contributed by atoms with van der Waals surface area (Å²) in [5, 5.41) is 29.7. The third-order valence-electron chi connectivity index (χ3n) is 6.43. The first-order valence-electron chi connectivity index (χ1n) is 11.2. The van der Waals surface area contributed by atoms with Crippen LogP contribution >= 0.6 is 0 Å². The van der Waals surface area contributed by atoms with Gasteiger partial charge in [-0.3, -0.25) is 4.98 Å². The number of aryl methyl sites for hydroxylation is 1. The Labute approximate surface area is 194 Å². The van der Waals surface area contributed by atoms with E-state index in [-0.39, 0.29) is 17.3 Å². The Morgan fingerprint density at radius 3 is 2.85 bits per heavy atom. The quantitative estimate of drug-likeness (QED) is 0.307. The number of fused-ring (bicyclic) bond motifs is 4. The van der Waals surface area contributed by atoms with Gasteiger partial charge in [-0.1, -0.05) is 18.2 Å². The summed E-state index contributed by atoms with van der Waals surface area (Å²) in [7, 11) is 0. The van der Waals surface area contributed by atoms with Gasteiger partial charge in [0.05, 0.1) is 23.7 Å². The predicted octanol–water partition coefficient (Wildman–Crippen LogP) is 3.54. The van der Waals surface area contributed by atoms with Crippen LogP contribution in [0.25, 0.3) is 27.8 Å². The highest BCUT2D eigenvalue weighted by molar-refractivity contribution is 5.85. The van der Waals surface area contributed by atoms with Crippen LogP contribution in [0.2, 0.25) is 0 Å². The Balaban J connectivity index is 1.43. The zero-order chi connectivity index (χ0) is 23.4. The van der Waals surface area contributed by atoms with Gasteiger partial charge < -0.3 is 20.5 Å². The lowest BCUT2D eigenvalue weighted by molar-refractivity contribution is -0.151. The maximum atomic E-state index is 13.9. The van der Waals surface area contributed by atoms with E-state index in [0.717, 1.165) is 31.0 Å². The summed E-state index contributed by atoms with van der Waals surface area (Å²) in [5.74, 6) is -1.97. The molecule has 4 aromatic heterocycles. The van der Waals surface area contributed by atoms with Crippen molar-refractivity contribution in [2.24, 2.45) is 0 Å². The van der Waals surface area contributed by atoms with E-state index in [9.17, 15) is 14.6 Å². The van der Waals surface area contributed by atoms with Gasteiger partial charge in [0, 0.05) is 40.5 Å². The Kier molecular flexibility index (Phi) is 4.65. The number of nitrogens with one attached hydrogen (secondary N) is 2. The van der Waals surface area contributed by atoms with E-state index < -0.39 is 11.6 Å². The van der Waals surface area contributed by atoms with Gasteiger partial charge in [0.2, 0.25) is 0 Å². The Bertz CT molecular complexity index is 1530. The number of hydrogen-bond donors (Lipinski definition) is 4. The Morgan fingerprint density at radius 1 is 1.18 bits per heavy atom. The molecule has 0 saturated carbocycles. The summed E-state index contributed by atoms with van der Waals surface area (Å²) in [6, 6.07) is 11.6. The van der Waals surface area contributed by atoms with Crippen molar-refractivity contribution in [1.82, 2.24) is 24.6 Å². The molecule has 4 heterocycles. The molecular weight excluding hydrogens is 435 g/mol. The van der Waals surface area contributed by atoms with Crippen LogP contribution in [0.15, 0.2) is 55.0 Å². The number of aromatic nitrogens is 5. The molecule has 0 fully saturated rings. The number of H-pyrrole nitrogens is 1. The van der Waals surface area contributed by atoms with Crippen LogP contribution in [-0.4, -0.2) is 40.8 Å². The molecule has 1 aromatic carbocycles. The van der Waals surface area contributed by atoms with E-state index in [1.54, 1.807) is 10.6 Å². The second-order valence-electron chi connectivity index (χ2n) is 8.94. The van der Waals surface area contributed by atoms with Crippen LogP contribution in [0.4, 0.5) is 10.2 Å². The predicted molar refractivity (Wildman–Crippen MR) is 126 cm³/mol. The van der Waals surface area contributed by atoms with E-state index in [0.29, 0.717) is 17.1 Å². The zero-order valence-corrected chi connectivity index (χ0v) is 18.5. The largest absolute Gasteiger partial charge is 0.367 e. The molecule has 0 spiro atoms. The topological polar surface area (TPSA) is 111 Å². The van der Waals surface area contributed by atoms with E-state index >= 15 is 0 Å². The van der Waals surface area contributed by atoms with Gasteiger partial charge in [-0.25, -0.2) is 9.37 Å². The third-order valence-corrected chi connectivity index (χ3v) is 6.43.